The van der Waals surface area contributed by atoms with Gasteiger partial charge in [0.15, 0.2) is 11.5 Å². The van der Waals surface area contributed by atoms with Crippen LogP contribution in [0.2, 0.25) is 0 Å². The number of anilines is 2. The Hall–Kier alpha value is -2.69. The molecule has 4 rings (SSSR count). The number of ether oxygens (including phenoxy) is 2. The van der Waals surface area contributed by atoms with Gasteiger partial charge >= 0.3 is 6.08 Å². The molecular formula is C22H24BrFN4O4. The van der Waals surface area contributed by atoms with Crippen molar-refractivity contribution in [3.63, 3.8) is 0 Å². The molecule has 1 aliphatic rings. The van der Waals surface area contributed by atoms with Gasteiger partial charge in [-0.3, -0.25) is 0 Å². The number of methoxy groups -OCH3 is 1. The van der Waals surface area contributed by atoms with Crippen molar-refractivity contribution in [2.75, 3.05) is 38.7 Å². The zero-order valence-corrected chi connectivity index (χ0v) is 19.1. The molecule has 0 bridgehead atoms. The molecule has 0 aliphatic carbocycles. The molecule has 0 spiro atoms. The Morgan fingerprint density at radius 3 is 2.59 bits per heavy atom. The van der Waals surface area contributed by atoms with Crippen LogP contribution >= 0.6 is 15.9 Å². The van der Waals surface area contributed by atoms with Gasteiger partial charge in [0.2, 0.25) is 5.75 Å². The summed E-state index contributed by atoms with van der Waals surface area (Å²) in [5, 5.41) is 24.7. The number of benzene rings is 2. The summed E-state index contributed by atoms with van der Waals surface area (Å²) < 4.78 is 25.6. The summed E-state index contributed by atoms with van der Waals surface area (Å²) in [5.41, 5.74) is 1.09. The van der Waals surface area contributed by atoms with Crippen molar-refractivity contribution in [2.45, 2.75) is 18.9 Å². The largest absolute Gasteiger partial charge is 0.504 e. The van der Waals surface area contributed by atoms with E-state index in [1.54, 1.807) is 0 Å². The quantitative estimate of drug-likeness (QED) is 0.241. The standard InChI is InChI=1S/C22H24BrFN4O4/c1-31-20-18(30)15-16(26-22(24)27-21(15)23)17(25-13-7-3-2-4-8-13)19(20)32-12-14(29)11-28-9-5-6-10-28/h2-4,7-8,14,25,29-30H,5-6,9-12H2,1H3. The van der Waals surface area contributed by atoms with Gasteiger partial charge in [-0.15, -0.1) is 0 Å². The van der Waals surface area contributed by atoms with Crippen LogP contribution in [0.4, 0.5) is 15.8 Å². The first-order valence-electron chi connectivity index (χ1n) is 10.3. The fourth-order valence-electron chi connectivity index (χ4n) is 3.85. The molecule has 0 amide bonds. The monoisotopic (exact) mass is 506 g/mol. The molecule has 0 radical (unpaired) electrons. The zero-order valence-electron chi connectivity index (χ0n) is 17.5. The first kappa shape index (κ1) is 22.5. The predicted molar refractivity (Wildman–Crippen MR) is 122 cm³/mol. The average molecular weight is 507 g/mol. The van der Waals surface area contributed by atoms with E-state index < -0.39 is 12.2 Å². The summed E-state index contributed by atoms with van der Waals surface area (Å²) >= 11 is 3.20. The highest BCUT2D eigenvalue weighted by molar-refractivity contribution is 9.10. The first-order chi connectivity index (χ1) is 15.5. The number of para-hydroxylation sites is 1. The van der Waals surface area contributed by atoms with Gasteiger partial charge in [-0.05, 0) is 54.0 Å². The van der Waals surface area contributed by atoms with E-state index in [0.29, 0.717) is 12.2 Å². The van der Waals surface area contributed by atoms with Crippen molar-refractivity contribution in [1.82, 2.24) is 14.9 Å². The van der Waals surface area contributed by atoms with Crippen molar-refractivity contribution < 1.29 is 24.1 Å². The van der Waals surface area contributed by atoms with E-state index in [2.05, 4.69) is 36.1 Å². The molecule has 1 fully saturated rings. The van der Waals surface area contributed by atoms with Crippen molar-refractivity contribution in [2.24, 2.45) is 0 Å². The SMILES string of the molecule is COc1c(OCC(O)CN2CCCC2)c(Nc2ccccc2)c2nc(F)nc(Br)c2c1O. The lowest BCUT2D eigenvalue weighted by Crippen LogP contribution is -2.33. The Morgan fingerprint density at radius 1 is 1.19 bits per heavy atom. The minimum Gasteiger partial charge on any atom is -0.504 e. The van der Waals surface area contributed by atoms with Crippen molar-refractivity contribution in [1.29, 1.82) is 0 Å². The second-order valence-electron chi connectivity index (χ2n) is 7.56. The Kier molecular flexibility index (Phi) is 6.92. The maximum absolute atomic E-state index is 14.1. The number of nitrogens with zero attached hydrogens (tertiary/aromatic N) is 3. The number of hydrogen-bond acceptors (Lipinski definition) is 8. The predicted octanol–water partition coefficient (Wildman–Crippen LogP) is 3.82. The summed E-state index contributed by atoms with van der Waals surface area (Å²) in [6.45, 7) is 2.33. The normalized spacial score (nSPS) is 15.1. The molecule has 1 aromatic heterocycles. The topological polar surface area (TPSA) is 100.0 Å². The molecule has 3 aromatic rings. The highest BCUT2D eigenvalue weighted by Crippen LogP contribution is 2.50. The molecule has 10 heteroatoms. The number of phenols is 1. The maximum atomic E-state index is 14.1. The van der Waals surface area contributed by atoms with E-state index >= 15 is 0 Å². The number of likely N-dealkylation sites (tertiary alicyclic amines) is 1. The fraction of sp³-hybridized carbons (Fsp3) is 0.364. The molecule has 3 N–H and O–H groups in total. The van der Waals surface area contributed by atoms with Crippen LogP contribution in [-0.4, -0.2) is 64.5 Å². The number of β-amino-alcohol motifs (C(OH)–C–C–N with tert-alkyl or cyclic N) is 1. The number of aromatic hydroxyl groups is 1. The second kappa shape index (κ2) is 9.85. The minimum atomic E-state index is -0.968. The van der Waals surface area contributed by atoms with E-state index in [1.165, 1.54) is 7.11 Å². The number of nitrogens with one attached hydrogen (secondary N) is 1. The molecule has 0 saturated carbocycles. The summed E-state index contributed by atoms with van der Waals surface area (Å²) in [4.78, 5) is 9.73. The Morgan fingerprint density at radius 2 is 1.91 bits per heavy atom. The van der Waals surface area contributed by atoms with Crippen LogP contribution in [0.25, 0.3) is 10.9 Å². The molecule has 170 valence electrons. The molecule has 1 atom stereocenters. The molecule has 32 heavy (non-hydrogen) atoms. The Labute approximate surface area is 193 Å². The third-order valence-corrected chi connectivity index (χ3v) is 5.87. The molecule has 2 heterocycles. The van der Waals surface area contributed by atoms with E-state index in [0.717, 1.165) is 25.9 Å². The van der Waals surface area contributed by atoms with Gasteiger partial charge < -0.3 is 29.9 Å². The second-order valence-corrected chi connectivity index (χ2v) is 8.31. The van der Waals surface area contributed by atoms with Crippen LogP contribution in [0, 0.1) is 6.08 Å². The molecule has 1 saturated heterocycles. The lowest BCUT2D eigenvalue weighted by atomic mass is 10.1. The Bertz CT molecular complexity index is 1100. The molecule has 2 aromatic carbocycles. The van der Waals surface area contributed by atoms with Gasteiger partial charge in [0.25, 0.3) is 0 Å². The van der Waals surface area contributed by atoms with Gasteiger partial charge in [0, 0.05) is 12.2 Å². The number of fused-ring (bicyclic) bond motifs is 1. The van der Waals surface area contributed by atoms with E-state index in [-0.39, 0.29) is 45.0 Å². The van der Waals surface area contributed by atoms with Crippen LogP contribution < -0.4 is 14.8 Å². The van der Waals surface area contributed by atoms with Crippen LogP contribution in [0.15, 0.2) is 34.9 Å². The number of rotatable bonds is 8. The van der Waals surface area contributed by atoms with E-state index in [9.17, 15) is 14.6 Å². The number of hydrogen-bond donors (Lipinski definition) is 3. The van der Waals surface area contributed by atoms with Gasteiger partial charge in [0.05, 0.1) is 12.5 Å². The maximum Gasteiger partial charge on any atom is 0.310 e. The molecule has 1 unspecified atom stereocenters. The summed E-state index contributed by atoms with van der Waals surface area (Å²) in [6, 6.07) is 9.20. The number of aromatic nitrogens is 2. The van der Waals surface area contributed by atoms with Gasteiger partial charge in [-0.1, -0.05) is 18.2 Å². The molecule has 8 nitrogen and oxygen atoms in total. The molecular weight excluding hydrogens is 483 g/mol. The zero-order chi connectivity index (χ0) is 22.7. The number of aliphatic hydroxyl groups is 1. The van der Waals surface area contributed by atoms with Crippen LogP contribution in [0.1, 0.15) is 12.8 Å². The number of halogens is 2. The average Bonchev–Trinajstić information content (AvgIpc) is 3.27. The summed E-state index contributed by atoms with van der Waals surface area (Å²) in [6.07, 6.45) is 0.510. The summed E-state index contributed by atoms with van der Waals surface area (Å²) in [7, 11) is 1.39. The van der Waals surface area contributed by atoms with E-state index in [1.807, 2.05) is 30.3 Å². The Balaban J connectivity index is 1.77. The van der Waals surface area contributed by atoms with Crippen LogP contribution in [-0.2, 0) is 0 Å². The van der Waals surface area contributed by atoms with Gasteiger partial charge in [-0.2, -0.15) is 14.4 Å². The number of aliphatic hydroxyl groups excluding tert-OH is 1. The van der Waals surface area contributed by atoms with Crippen molar-refractivity contribution in [3.05, 3.63) is 41.0 Å². The van der Waals surface area contributed by atoms with Crippen LogP contribution in [0.5, 0.6) is 17.2 Å². The van der Waals surface area contributed by atoms with Crippen molar-refractivity contribution in [3.8, 4) is 17.2 Å². The highest BCUT2D eigenvalue weighted by atomic mass is 79.9. The minimum absolute atomic E-state index is 0.0280. The van der Waals surface area contributed by atoms with Crippen molar-refractivity contribution >= 4 is 38.2 Å². The van der Waals surface area contributed by atoms with E-state index in [4.69, 9.17) is 9.47 Å². The lowest BCUT2D eigenvalue weighted by Gasteiger charge is -2.23. The lowest BCUT2D eigenvalue weighted by molar-refractivity contribution is 0.0749. The van der Waals surface area contributed by atoms with Gasteiger partial charge in [-0.25, -0.2) is 0 Å². The molecule has 1 aliphatic heterocycles. The first-order valence-corrected chi connectivity index (χ1v) is 11.1. The highest BCUT2D eigenvalue weighted by Gasteiger charge is 2.27. The third kappa shape index (κ3) is 4.72. The third-order valence-electron chi connectivity index (χ3n) is 5.29. The fourth-order valence-corrected chi connectivity index (χ4v) is 4.37. The van der Waals surface area contributed by atoms with Crippen LogP contribution in [0.3, 0.4) is 0 Å². The number of phenolic OH excluding ortho intramolecular Hbond substituents is 1. The van der Waals surface area contributed by atoms with Gasteiger partial charge in [0.1, 0.15) is 28.5 Å². The summed E-state index contributed by atoms with van der Waals surface area (Å²) in [5.74, 6) is -0.149. The smallest absolute Gasteiger partial charge is 0.310 e.